The maximum atomic E-state index is 11.8. The first-order chi connectivity index (χ1) is 9.28. The molecule has 0 spiro atoms. The first-order valence-corrected chi connectivity index (χ1v) is 6.79. The molecule has 0 unspecified atom stereocenters. The van der Waals surface area contributed by atoms with Gasteiger partial charge in [0, 0.05) is 25.6 Å². The van der Waals surface area contributed by atoms with Gasteiger partial charge < -0.3 is 10.2 Å². The van der Waals surface area contributed by atoms with E-state index in [4.69, 9.17) is 5.26 Å². The van der Waals surface area contributed by atoms with Crippen molar-refractivity contribution in [3.8, 4) is 6.07 Å². The van der Waals surface area contributed by atoms with Crippen LogP contribution in [0.4, 0.5) is 0 Å². The third-order valence-electron chi connectivity index (χ3n) is 4.10. The number of rotatable bonds is 2. The Bertz CT molecular complexity index is 547. The van der Waals surface area contributed by atoms with Gasteiger partial charge in [0.05, 0.1) is 18.2 Å². The summed E-state index contributed by atoms with van der Waals surface area (Å²) in [6.07, 6.45) is 2.11. The smallest absolute Gasteiger partial charge is 0.236 e. The molecule has 98 valence electrons. The fourth-order valence-corrected chi connectivity index (χ4v) is 3.07. The Labute approximate surface area is 113 Å². The Morgan fingerprint density at radius 1 is 1.47 bits per heavy atom. The van der Waals surface area contributed by atoms with Crippen LogP contribution in [0, 0.1) is 11.3 Å². The molecule has 0 aromatic heterocycles. The van der Waals surface area contributed by atoms with E-state index < -0.39 is 0 Å². The van der Waals surface area contributed by atoms with Crippen molar-refractivity contribution in [3.63, 3.8) is 0 Å². The Morgan fingerprint density at radius 3 is 3.16 bits per heavy atom. The lowest BCUT2D eigenvalue weighted by molar-refractivity contribution is -0.132. The van der Waals surface area contributed by atoms with Crippen molar-refractivity contribution in [1.82, 2.24) is 10.2 Å². The predicted molar refractivity (Wildman–Crippen MR) is 71.7 cm³/mol. The monoisotopic (exact) mass is 255 g/mol. The fourth-order valence-electron chi connectivity index (χ4n) is 3.07. The molecule has 1 N–H and O–H groups in total. The largest absolute Gasteiger partial charge is 0.340 e. The highest BCUT2D eigenvalue weighted by Gasteiger charge is 2.27. The summed E-state index contributed by atoms with van der Waals surface area (Å²) in [6.45, 7) is 2.98. The molecule has 4 heteroatoms. The summed E-state index contributed by atoms with van der Waals surface area (Å²) < 4.78 is 0. The van der Waals surface area contributed by atoms with Gasteiger partial charge in [-0.3, -0.25) is 4.79 Å². The number of nitrogens with zero attached hydrogens (tertiary/aromatic N) is 2. The van der Waals surface area contributed by atoms with E-state index in [1.807, 2.05) is 17.0 Å². The average Bonchev–Trinajstić information content (AvgIpc) is 2.83. The molecule has 1 amide bonds. The Kier molecular flexibility index (Phi) is 3.22. The van der Waals surface area contributed by atoms with Crippen LogP contribution in [0.5, 0.6) is 0 Å². The minimum Gasteiger partial charge on any atom is -0.340 e. The van der Waals surface area contributed by atoms with Crippen molar-refractivity contribution >= 4 is 5.91 Å². The summed E-state index contributed by atoms with van der Waals surface area (Å²) in [5, 5.41) is 12.0. The summed E-state index contributed by atoms with van der Waals surface area (Å²) in [4.78, 5) is 13.8. The molecule has 19 heavy (non-hydrogen) atoms. The Morgan fingerprint density at radius 2 is 2.37 bits per heavy atom. The molecule has 1 heterocycles. The number of carbonyl (C=O) groups excluding carboxylic acids is 1. The summed E-state index contributed by atoms with van der Waals surface area (Å²) in [5.74, 6) is 0.637. The second kappa shape index (κ2) is 5.02. The average molecular weight is 255 g/mol. The van der Waals surface area contributed by atoms with Gasteiger partial charge in [-0.15, -0.1) is 0 Å². The molecule has 4 nitrogen and oxygen atoms in total. The number of nitrogens with one attached hydrogen (secondary N) is 1. The van der Waals surface area contributed by atoms with Gasteiger partial charge in [0.25, 0.3) is 0 Å². The molecule has 1 saturated heterocycles. The zero-order valence-corrected chi connectivity index (χ0v) is 10.9. The highest BCUT2D eigenvalue weighted by atomic mass is 16.2. The van der Waals surface area contributed by atoms with Gasteiger partial charge in [-0.2, -0.15) is 5.26 Å². The van der Waals surface area contributed by atoms with Gasteiger partial charge >= 0.3 is 0 Å². The van der Waals surface area contributed by atoms with Gasteiger partial charge in [0.2, 0.25) is 5.91 Å². The van der Waals surface area contributed by atoms with Crippen molar-refractivity contribution in [3.05, 3.63) is 34.9 Å². The second-order valence-electron chi connectivity index (χ2n) is 5.28. The zero-order valence-electron chi connectivity index (χ0n) is 10.9. The van der Waals surface area contributed by atoms with Crippen LogP contribution in [-0.2, 0) is 11.2 Å². The second-order valence-corrected chi connectivity index (χ2v) is 5.28. The van der Waals surface area contributed by atoms with Crippen molar-refractivity contribution in [2.45, 2.75) is 18.8 Å². The molecule has 1 aromatic rings. The van der Waals surface area contributed by atoms with Crippen LogP contribution in [0.3, 0.4) is 0 Å². The van der Waals surface area contributed by atoms with E-state index in [1.165, 1.54) is 11.1 Å². The molecule has 0 saturated carbocycles. The number of piperazine rings is 1. The maximum absolute atomic E-state index is 11.8. The number of fused-ring (bicyclic) bond motifs is 1. The van der Waals surface area contributed by atoms with Gasteiger partial charge in [0.15, 0.2) is 0 Å². The number of amides is 1. The van der Waals surface area contributed by atoms with Gasteiger partial charge in [0.1, 0.15) is 0 Å². The van der Waals surface area contributed by atoms with Gasteiger partial charge in [-0.05, 0) is 36.1 Å². The van der Waals surface area contributed by atoms with Crippen LogP contribution < -0.4 is 5.32 Å². The number of benzene rings is 1. The van der Waals surface area contributed by atoms with Gasteiger partial charge in [-0.25, -0.2) is 0 Å². The molecule has 1 atom stereocenters. The summed E-state index contributed by atoms with van der Waals surface area (Å²) >= 11 is 0. The molecule has 1 aromatic carbocycles. The number of nitriles is 1. The SMILES string of the molecule is N#Cc1ccc2c(c1)CC[C@H]2CN1CCNCC1=O. The lowest BCUT2D eigenvalue weighted by atomic mass is 9.99. The number of hydrogen-bond acceptors (Lipinski definition) is 3. The van der Waals surface area contributed by atoms with Crippen LogP contribution in [0.1, 0.15) is 29.0 Å². The van der Waals surface area contributed by atoms with E-state index in [0.29, 0.717) is 12.5 Å². The third-order valence-corrected chi connectivity index (χ3v) is 4.10. The highest BCUT2D eigenvalue weighted by molar-refractivity contribution is 5.79. The van der Waals surface area contributed by atoms with Crippen LogP contribution in [0.2, 0.25) is 0 Å². The minimum atomic E-state index is 0.202. The first-order valence-electron chi connectivity index (χ1n) is 6.79. The van der Waals surface area contributed by atoms with E-state index in [9.17, 15) is 4.79 Å². The quantitative estimate of drug-likeness (QED) is 0.858. The molecule has 1 fully saturated rings. The maximum Gasteiger partial charge on any atom is 0.236 e. The normalized spacial score (nSPS) is 22.2. The topological polar surface area (TPSA) is 56.1 Å². The van der Waals surface area contributed by atoms with Gasteiger partial charge in [-0.1, -0.05) is 6.07 Å². The van der Waals surface area contributed by atoms with E-state index in [1.54, 1.807) is 0 Å². The van der Waals surface area contributed by atoms with Crippen molar-refractivity contribution in [2.75, 3.05) is 26.2 Å². The predicted octanol–water partition coefficient (Wildman–Crippen LogP) is 1.02. The van der Waals surface area contributed by atoms with Crippen LogP contribution in [-0.4, -0.2) is 37.0 Å². The van der Waals surface area contributed by atoms with Crippen LogP contribution in [0.25, 0.3) is 0 Å². The Balaban J connectivity index is 1.75. The third kappa shape index (κ3) is 2.34. The number of hydrogen-bond donors (Lipinski definition) is 1. The summed E-state index contributed by atoms with van der Waals surface area (Å²) in [6, 6.07) is 8.14. The molecular formula is C15H17N3O. The van der Waals surface area contributed by atoms with E-state index >= 15 is 0 Å². The van der Waals surface area contributed by atoms with Crippen LogP contribution in [0.15, 0.2) is 18.2 Å². The van der Waals surface area contributed by atoms with Crippen molar-refractivity contribution < 1.29 is 4.79 Å². The van der Waals surface area contributed by atoms with E-state index in [-0.39, 0.29) is 5.91 Å². The lowest BCUT2D eigenvalue weighted by Crippen LogP contribution is -2.49. The van der Waals surface area contributed by atoms with E-state index in [2.05, 4.69) is 17.5 Å². The van der Waals surface area contributed by atoms with E-state index in [0.717, 1.165) is 38.0 Å². The summed E-state index contributed by atoms with van der Waals surface area (Å²) in [7, 11) is 0. The first kappa shape index (κ1) is 12.2. The molecule has 1 aliphatic heterocycles. The number of aryl methyl sites for hydroxylation is 1. The minimum absolute atomic E-state index is 0.202. The molecular weight excluding hydrogens is 238 g/mol. The molecule has 0 radical (unpaired) electrons. The Hall–Kier alpha value is -1.86. The highest BCUT2D eigenvalue weighted by Crippen LogP contribution is 2.34. The zero-order chi connectivity index (χ0) is 13.2. The number of carbonyl (C=O) groups is 1. The molecule has 0 bridgehead atoms. The lowest BCUT2D eigenvalue weighted by Gasteiger charge is -2.30. The standard InChI is InChI=1S/C15H17N3O/c16-8-11-1-4-14-12(7-11)2-3-13(14)10-18-6-5-17-9-15(18)19/h1,4,7,13,17H,2-3,5-6,9-10H2/t13-/m0/s1. The molecule has 1 aliphatic carbocycles. The molecule has 2 aliphatic rings. The van der Waals surface area contributed by atoms with Crippen LogP contribution >= 0.6 is 0 Å². The summed E-state index contributed by atoms with van der Waals surface area (Å²) in [5.41, 5.74) is 3.34. The fraction of sp³-hybridized carbons (Fsp3) is 0.467. The van der Waals surface area contributed by atoms with Crippen molar-refractivity contribution in [2.24, 2.45) is 0 Å². The molecule has 3 rings (SSSR count). The van der Waals surface area contributed by atoms with Crippen molar-refractivity contribution in [1.29, 1.82) is 5.26 Å².